The first-order chi connectivity index (χ1) is 18.1. The van der Waals surface area contributed by atoms with Crippen LogP contribution in [0.2, 0.25) is 18.1 Å². The molecule has 0 aromatic heterocycles. The topological polar surface area (TPSA) is 38.7 Å². The number of aryl methyl sites for hydroxylation is 1. The van der Waals surface area contributed by atoms with E-state index < -0.39 is 13.9 Å². The number of hydrogen-bond acceptors (Lipinski definition) is 3. The van der Waals surface area contributed by atoms with Crippen LogP contribution in [0.15, 0.2) is 30.9 Å². The molecule has 2 saturated carbocycles. The van der Waals surface area contributed by atoms with Crippen molar-refractivity contribution < 1.29 is 14.3 Å². The van der Waals surface area contributed by atoms with Gasteiger partial charge >= 0.3 is 0 Å². The highest BCUT2D eigenvalue weighted by Crippen LogP contribution is 2.70. The summed E-state index contributed by atoms with van der Waals surface area (Å²) in [5, 5.41) is 10.4. The molecule has 0 aliphatic heterocycles. The summed E-state index contributed by atoms with van der Waals surface area (Å²) < 4.78 is 12.9. The van der Waals surface area contributed by atoms with E-state index >= 15 is 0 Å². The molecule has 2 fully saturated rings. The zero-order valence-electron chi connectivity index (χ0n) is 26.7. The van der Waals surface area contributed by atoms with Crippen molar-refractivity contribution in [3.05, 3.63) is 42.0 Å². The molecule has 4 rings (SSSR count). The van der Waals surface area contributed by atoms with Crippen molar-refractivity contribution in [3.8, 4) is 5.75 Å². The van der Waals surface area contributed by atoms with Gasteiger partial charge in [-0.25, -0.2) is 0 Å². The predicted octanol–water partition coefficient (Wildman–Crippen LogP) is 9.45. The Hall–Kier alpha value is -1.10. The van der Waals surface area contributed by atoms with E-state index in [2.05, 4.69) is 71.6 Å². The highest BCUT2D eigenvalue weighted by Gasteiger charge is 2.64. The van der Waals surface area contributed by atoms with Gasteiger partial charge in [0.1, 0.15) is 5.75 Å². The van der Waals surface area contributed by atoms with Crippen molar-refractivity contribution in [2.45, 2.75) is 142 Å². The summed E-state index contributed by atoms with van der Waals surface area (Å²) in [6.07, 6.45) is 14.3. The fourth-order valence-electron chi connectivity index (χ4n) is 8.66. The normalized spacial score (nSPS) is 32.8. The molecule has 6 atom stereocenters. The summed E-state index contributed by atoms with van der Waals surface area (Å²) in [7, 11) is -0.0991. The fraction of sp³-hybridized carbons (Fsp3) is 0.771. The minimum absolute atomic E-state index is 0.123. The number of unbranched alkanes of at least 4 members (excludes halogenated alkanes) is 2. The molecular weight excluding hydrogens is 496 g/mol. The van der Waals surface area contributed by atoms with Crippen LogP contribution in [0.1, 0.15) is 116 Å². The van der Waals surface area contributed by atoms with Gasteiger partial charge in [0, 0.05) is 0 Å². The lowest BCUT2D eigenvalue weighted by Gasteiger charge is -2.61. The first kappa shape index (κ1) is 30.8. The van der Waals surface area contributed by atoms with E-state index in [4.69, 9.17) is 9.16 Å². The summed E-state index contributed by atoms with van der Waals surface area (Å²) in [6.45, 7) is 23.0. The SMILES string of the molecule is C=C[C@@]12CCc3cc(OC)ccc3[C@H]1[C@@H](CCCCCC(C)(C)O)C[C@]1(C)[C@@H](O[Si](C)(C)C(C)(C)C)CC[C@H]12. The molecule has 0 unspecified atom stereocenters. The lowest BCUT2D eigenvalue weighted by Crippen LogP contribution is -2.56. The molecule has 0 spiro atoms. The van der Waals surface area contributed by atoms with E-state index in [0.717, 1.165) is 25.0 Å². The van der Waals surface area contributed by atoms with E-state index in [0.29, 0.717) is 23.9 Å². The molecular formula is C35H58O3Si. The van der Waals surface area contributed by atoms with Crippen LogP contribution in [-0.2, 0) is 10.8 Å². The van der Waals surface area contributed by atoms with E-state index in [1.165, 1.54) is 50.5 Å². The van der Waals surface area contributed by atoms with Crippen LogP contribution in [0.4, 0.5) is 0 Å². The summed E-state index contributed by atoms with van der Waals surface area (Å²) in [5.74, 6) is 2.72. The minimum atomic E-state index is -1.88. The van der Waals surface area contributed by atoms with E-state index in [9.17, 15) is 5.11 Å². The summed E-state index contributed by atoms with van der Waals surface area (Å²) in [6, 6.07) is 6.87. The molecule has 0 radical (unpaired) electrons. The van der Waals surface area contributed by atoms with Gasteiger partial charge in [-0.3, -0.25) is 0 Å². The molecule has 3 aliphatic rings. The quantitative estimate of drug-likeness (QED) is 0.178. The summed E-state index contributed by atoms with van der Waals surface area (Å²) in [4.78, 5) is 0. The molecule has 1 N–H and O–H groups in total. The Labute approximate surface area is 241 Å². The Morgan fingerprint density at radius 3 is 2.44 bits per heavy atom. The molecule has 1 aromatic rings. The Morgan fingerprint density at radius 1 is 1.10 bits per heavy atom. The monoisotopic (exact) mass is 554 g/mol. The van der Waals surface area contributed by atoms with Crippen molar-refractivity contribution in [2.75, 3.05) is 7.11 Å². The number of aliphatic hydroxyl groups is 1. The average Bonchev–Trinajstić information content (AvgIpc) is 3.17. The van der Waals surface area contributed by atoms with Crippen LogP contribution in [-0.4, -0.2) is 32.2 Å². The molecule has 1 aromatic carbocycles. The van der Waals surface area contributed by atoms with Crippen LogP contribution in [0.5, 0.6) is 5.75 Å². The molecule has 0 bridgehead atoms. The van der Waals surface area contributed by atoms with Gasteiger partial charge in [0.05, 0.1) is 18.8 Å². The Balaban J connectivity index is 1.69. The summed E-state index contributed by atoms with van der Waals surface area (Å²) >= 11 is 0. The van der Waals surface area contributed by atoms with Crippen LogP contribution >= 0.6 is 0 Å². The second-order valence-electron chi connectivity index (χ2n) is 15.7. The minimum Gasteiger partial charge on any atom is -0.497 e. The van der Waals surface area contributed by atoms with E-state index in [1.54, 1.807) is 12.7 Å². The largest absolute Gasteiger partial charge is 0.497 e. The van der Waals surface area contributed by atoms with Crippen molar-refractivity contribution in [1.29, 1.82) is 0 Å². The highest BCUT2D eigenvalue weighted by molar-refractivity contribution is 6.74. The standard InChI is InChI=1S/C35H58O3Si/c1-11-35-22-20-25-23-27(37-8)16-17-28(25)31(35)26(15-13-12-14-21-33(5,6)36)24-34(7)29(35)18-19-30(34)38-39(9,10)32(2,3)4/h11,16-17,23,26,29-31,36H,1,12-15,18-22,24H2,2-10H3/t26-,29+,30-,31+,34-,35-/m0/s1. The predicted molar refractivity (Wildman–Crippen MR) is 167 cm³/mol. The van der Waals surface area contributed by atoms with Crippen molar-refractivity contribution in [3.63, 3.8) is 0 Å². The average molecular weight is 555 g/mol. The molecule has 39 heavy (non-hydrogen) atoms. The molecule has 4 heteroatoms. The molecule has 3 nitrogen and oxygen atoms in total. The van der Waals surface area contributed by atoms with Crippen LogP contribution in [0, 0.1) is 22.7 Å². The third-order valence-electron chi connectivity index (χ3n) is 11.6. The van der Waals surface area contributed by atoms with Crippen LogP contribution < -0.4 is 4.74 Å². The third-order valence-corrected chi connectivity index (χ3v) is 16.1. The maximum atomic E-state index is 10.2. The lowest BCUT2D eigenvalue weighted by molar-refractivity contribution is -0.0773. The Morgan fingerprint density at radius 2 is 1.82 bits per heavy atom. The number of hydrogen-bond donors (Lipinski definition) is 1. The maximum Gasteiger partial charge on any atom is 0.192 e. The van der Waals surface area contributed by atoms with Crippen LogP contribution in [0.25, 0.3) is 0 Å². The summed E-state index contributed by atoms with van der Waals surface area (Å²) in [5.41, 5.74) is 2.78. The van der Waals surface area contributed by atoms with Gasteiger partial charge in [-0.1, -0.05) is 59.1 Å². The van der Waals surface area contributed by atoms with Gasteiger partial charge in [-0.2, -0.15) is 0 Å². The first-order valence-corrected chi connectivity index (χ1v) is 18.7. The smallest absolute Gasteiger partial charge is 0.192 e. The van der Waals surface area contributed by atoms with Gasteiger partial charge in [0.2, 0.25) is 0 Å². The Kier molecular flexibility index (Phi) is 8.66. The number of rotatable bonds is 10. The first-order valence-electron chi connectivity index (χ1n) is 15.8. The van der Waals surface area contributed by atoms with Gasteiger partial charge in [0.15, 0.2) is 8.32 Å². The van der Waals surface area contributed by atoms with Crippen molar-refractivity contribution in [1.82, 2.24) is 0 Å². The number of ether oxygens (including phenoxy) is 1. The van der Waals surface area contributed by atoms with E-state index in [1.807, 2.05) is 13.8 Å². The zero-order chi connectivity index (χ0) is 28.9. The van der Waals surface area contributed by atoms with Gasteiger partial charge < -0.3 is 14.3 Å². The van der Waals surface area contributed by atoms with E-state index in [-0.39, 0.29) is 15.9 Å². The van der Waals surface area contributed by atoms with Crippen molar-refractivity contribution >= 4 is 8.32 Å². The second-order valence-corrected chi connectivity index (χ2v) is 20.5. The molecule has 220 valence electrons. The fourth-order valence-corrected chi connectivity index (χ4v) is 10.1. The number of allylic oxidation sites excluding steroid dienone is 1. The highest BCUT2D eigenvalue weighted by atomic mass is 28.4. The third kappa shape index (κ3) is 5.82. The van der Waals surface area contributed by atoms with Gasteiger partial charge in [-0.15, -0.1) is 6.58 Å². The van der Waals surface area contributed by atoms with Gasteiger partial charge in [-0.05, 0) is 129 Å². The van der Waals surface area contributed by atoms with Crippen molar-refractivity contribution in [2.24, 2.45) is 22.7 Å². The molecule has 0 heterocycles. The van der Waals surface area contributed by atoms with Gasteiger partial charge in [0.25, 0.3) is 0 Å². The number of benzene rings is 1. The molecule has 3 aliphatic carbocycles. The number of methoxy groups -OCH3 is 1. The molecule has 0 amide bonds. The number of fused-ring (bicyclic) bond motifs is 5. The Bertz CT molecular complexity index is 1020. The maximum absolute atomic E-state index is 10.2. The zero-order valence-corrected chi connectivity index (χ0v) is 27.7. The lowest BCUT2D eigenvalue weighted by atomic mass is 9.44. The van der Waals surface area contributed by atoms with Crippen LogP contribution in [0.3, 0.4) is 0 Å². The molecule has 0 saturated heterocycles. The second kappa shape index (κ2) is 10.9.